The molecule has 4 aromatic carbocycles. The van der Waals surface area contributed by atoms with Gasteiger partial charge in [0, 0.05) is 28.0 Å². The van der Waals surface area contributed by atoms with Gasteiger partial charge in [0.05, 0.1) is 17.0 Å². The Kier molecular flexibility index (Phi) is 5.70. The van der Waals surface area contributed by atoms with Gasteiger partial charge in [-0.1, -0.05) is 77.8 Å². The second kappa shape index (κ2) is 9.19. The first-order valence-corrected chi connectivity index (χ1v) is 13.7. The van der Waals surface area contributed by atoms with Crippen molar-refractivity contribution in [1.29, 1.82) is 0 Å². The van der Waals surface area contributed by atoms with Crippen molar-refractivity contribution < 1.29 is 14.4 Å². The van der Waals surface area contributed by atoms with Crippen LogP contribution in [0.25, 0.3) is 6.08 Å². The molecule has 0 aliphatic carbocycles. The van der Waals surface area contributed by atoms with E-state index in [1.807, 2.05) is 65.7 Å². The number of fused-ring (bicyclic) bond motifs is 6. The number of nitrogens with zero attached hydrogens (tertiary/aromatic N) is 1. The lowest BCUT2D eigenvalue weighted by Crippen LogP contribution is -2.49. The average molecular weight is 565 g/mol. The molecule has 1 saturated heterocycles. The molecule has 196 valence electrons. The highest BCUT2D eigenvalue weighted by molar-refractivity contribution is 6.34. The summed E-state index contributed by atoms with van der Waals surface area (Å²) >= 11 is 12.7. The van der Waals surface area contributed by atoms with Crippen molar-refractivity contribution in [2.45, 2.75) is 17.5 Å². The summed E-state index contributed by atoms with van der Waals surface area (Å²) in [6.07, 6.45) is 3.78. The van der Waals surface area contributed by atoms with Crippen LogP contribution in [0.3, 0.4) is 0 Å². The van der Waals surface area contributed by atoms with Gasteiger partial charge in [-0.05, 0) is 65.2 Å². The number of rotatable bonds is 4. The lowest BCUT2D eigenvalue weighted by Gasteiger charge is -2.38. The van der Waals surface area contributed by atoms with Crippen LogP contribution in [0.2, 0.25) is 10.0 Å². The summed E-state index contributed by atoms with van der Waals surface area (Å²) in [4.78, 5) is 45.5. The van der Waals surface area contributed by atoms with Gasteiger partial charge in [-0.3, -0.25) is 14.4 Å². The normalized spacial score (nSPS) is 23.9. The third-order valence-electron chi connectivity index (χ3n) is 8.39. The molecule has 3 aliphatic heterocycles. The fourth-order valence-corrected chi connectivity index (χ4v) is 7.14. The van der Waals surface area contributed by atoms with Gasteiger partial charge < -0.3 is 10.2 Å². The summed E-state index contributed by atoms with van der Waals surface area (Å²) in [5.74, 6) is -2.01. The van der Waals surface area contributed by atoms with Gasteiger partial charge in [0.15, 0.2) is 11.6 Å². The molecule has 1 spiro atoms. The minimum absolute atomic E-state index is 0.292. The molecule has 5 nitrogen and oxygen atoms in total. The Hall–Kier alpha value is -4.19. The van der Waals surface area contributed by atoms with Gasteiger partial charge in [0.25, 0.3) is 0 Å². The highest BCUT2D eigenvalue weighted by atomic mass is 35.5. The molecule has 4 aromatic rings. The molecule has 3 heterocycles. The smallest absolute Gasteiger partial charge is 0.238 e. The minimum Gasteiger partial charge on any atom is -0.358 e. The molecule has 1 amide bonds. The van der Waals surface area contributed by atoms with Crippen LogP contribution in [0.4, 0.5) is 5.69 Å². The van der Waals surface area contributed by atoms with Crippen molar-refractivity contribution in [1.82, 2.24) is 4.90 Å². The number of para-hydroxylation sites is 1. The van der Waals surface area contributed by atoms with E-state index in [0.29, 0.717) is 32.4 Å². The van der Waals surface area contributed by atoms with Crippen LogP contribution in [0, 0.1) is 5.92 Å². The molecule has 0 aromatic heterocycles. The van der Waals surface area contributed by atoms with E-state index in [2.05, 4.69) is 5.32 Å². The van der Waals surface area contributed by atoms with Gasteiger partial charge in [-0.25, -0.2) is 0 Å². The standard InChI is InChI=1S/C33H22Cl2N2O3/c34-21-15-13-20(14-16-21)29(38)27-28(30(39)23-9-3-5-11-25(23)35)37-18-17-19-7-1-2-8-22(19)31(37)33(27)24-10-4-6-12-26(24)36-32(33)40/h1-18,27-28,31H,(H,36,40)/t27-,28+,31+,33+/m0/s1. The Labute approximate surface area is 241 Å². The van der Waals surface area contributed by atoms with E-state index in [0.717, 1.165) is 11.1 Å². The Balaban J connectivity index is 1.55. The van der Waals surface area contributed by atoms with Crippen molar-refractivity contribution in [3.63, 3.8) is 0 Å². The SMILES string of the molecule is O=C(c1ccc(Cl)cc1)[C@@H]1[C@H](C(=O)c2ccccc2Cl)N2C=Cc3ccccc3[C@@H]2[C@]12C(=O)Nc1ccccc12. The predicted octanol–water partition coefficient (Wildman–Crippen LogP) is 6.98. The number of nitrogens with one attached hydrogen (secondary N) is 1. The lowest BCUT2D eigenvalue weighted by molar-refractivity contribution is -0.122. The number of amides is 1. The van der Waals surface area contributed by atoms with Gasteiger partial charge >= 0.3 is 0 Å². The zero-order valence-electron chi connectivity index (χ0n) is 21.1. The predicted molar refractivity (Wildman–Crippen MR) is 156 cm³/mol. The molecular weight excluding hydrogens is 543 g/mol. The first kappa shape index (κ1) is 24.8. The molecule has 40 heavy (non-hydrogen) atoms. The number of hydrogen-bond donors (Lipinski definition) is 1. The molecule has 7 rings (SSSR count). The lowest BCUT2D eigenvalue weighted by atomic mass is 9.62. The van der Waals surface area contributed by atoms with Crippen LogP contribution >= 0.6 is 23.2 Å². The Morgan fingerprint density at radius 2 is 1.50 bits per heavy atom. The zero-order chi connectivity index (χ0) is 27.6. The second-order valence-corrected chi connectivity index (χ2v) is 11.1. The molecule has 4 atom stereocenters. The quantitative estimate of drug-likeness (QED) is 0.272. The fourth-order valence-electron chi connectivity index (χ4n) is 6.78. The van der Waals surface area contributed by atoms with Crippen molar-refractivity contribution in [3.8, 4) is 0 Å². The monoisotopic (exact) mass is 564 g/mol. The third-order valence-corrected chi connectivity index (χ3v) is 8.97. The van der Waals surface area contributed by atoms with Gasteiger partial charge in [0.2, 0.25) is 5.91 Å². The largest absolute Gasteiger partial charge is 0.358 e. The van der Waals surface area contributed by atoms with Crippen LogP contribution in [-0.4, -0.2) is 28.4 Å². The van der Waals surface area contributed by atoms with E-state index < -0.39 is 23.4 Å². The Bertz CT molecular complexity index is 1750. The van der Waals surface area contributed by atoms with E-state index in [-0.39, 0.29) is 17.5 Å². The molecule has 3 aliphatic rings. The first-order chi connectivity index (χ1) is 19.4. The Morgan fingerprint density at radius 1 is 0.800 bits per heavy atom. The number of anilines is 1. The molecule has 1 fully saturated rings. The van der Waals surface area contributed by atoms with Crippen LogP contribution in [-0.2, 0) is 10.2 Å². The first-order valence-electron chi connectivity index (χ1n) is 13.0. The molecule has 1 N–H and O–H groups in total. The molecule has 0 radical (unpaired) electrons. The average Bonchev–Trinajstić information content (AvgIpc) is 3.45. The minimum atomic E-state index is -1.39. The number of carbonyl (C=O) groups is 3. The Morgan fingerprint density at radius 3 is 2.30 bits per heavy atom. The van der Waals surface area contributed by atoms with Crippen molar-refractivity contribution >= 4 is 52.4 Å². The van der Waals surface area contributed by atoms with E-state index in [1.165, 1.54) is 0 Å². The maximum absolute atomic E-state index is 14.7. The molecule has 7 heteroatoms. The number of carbonyl (C=O) groups excluding carboxylic acids is 3. The van der Waals surface area contributed by atoms with E-state index in [4.69, 9.17) is 23.2 Å². The number of halogens is 2. The highest BCUT2D eigenvalue weighted by Crippen LogP contribution is 2.62. The van der Waals surface area contributed by atoms with E-state index in [1.54, 1.807) is 48.5 Å². The second-order valence-electron chi connectivity index (χ2n) is 10.3. The summed E-state index contributed by atoms with van der Waals surface area (Å²) in [6.45, 7) is 0. The van der Waals surface area contributed by atoms with Crippen molar-refractivity contribution in [3.05, 3.63) is 141 Å². The summed E-state index contributed by atoms with van der Waals surface area (Å²) in [5, 5.41) is 3.83. The van der Waals surface area contributed by atoms with Crippen LogP contribution < -0.4 is 5.32 Å². The molecule has 0 unspecified atom stereocenters. The summed E-state index contributed by atoms with van der Waals surface area (Å²) in [5.41, 5.74) is 2.43. The molecule has 0 bridgehead atoms. The van der Waals surface area contributed by atoms with Gasteiger partial charge in [0.1, 0.15) is 11.5 Å². The molecular formula is C33H22Cl2N2O3. The summed E-state index contributed by atoms with van der Waals surface area (Å²) in [6, 6.07) is 27.0. The maximum Gasteiger partial charge on any atom is 0.238 e. The number of ketones is 2. The van der Waals surface area contributed by atoms with Crippen LogP contribution in [0.5, 0.6) is 0 Å². The number of benzene rings is 4. The van der Waals surface area contributed by atoms with Crippen molar-refractivity contribution in [2.75, 3.05) is 5.32 Å². The van der Waals surface area contributed by atoms with Crippen LogP contribution in [0.1, 0.15) is 43.4 Å². The fraction of sp³-hybridized carbons (Fsp3) is 0.121. The van der Waals surface area contributed by atoms with Gasteiger partial charge in [-0.15, -0.1) is 0 Å². The zero-order valence-corrected chi connectivity index (χ0v) is 22.6. The van der Waals surface area contributed by atoms with Gasteiger partial charge in [-0.2, -0.15) is 0 Å². The van der Waals surface area contributed by atoms with Crippen molar-refractivity contribution in [2.24, 2.45) is 5.92 Å². The third kappa shape index (κ3) is 3.38. The highest BCUT2D eigenvalue weighted by Gasteiger charge is 2.70. The summed E-state index contributed by atoms with van der Waals surface area (Å²) in [7, 11) is 0. The number of hydrogen-bond acceptors (Lipinski definition) is 4. The van der Waals surface area contributed by atoms with Crippen LogP contribution in [0.15, 0.2) is 103 Å². The van der Waals surface area contributed by atoms with E-state index in [9.17, 15) is 14.4 Å². The maximum atomic E-state index is 14.7. The number of Topliss-reactive ketones (excluding diaryl/α,β-unsaturated/α-hetero) is 2. The topological polar surface area (TPSA) is 66.5 Å². The van der Waals surface area contributed by atoms with E-state index >= 15 is 0 Å². The summed E-state index contributed by atoms with van der Waals surface area (Å²) < 4.78 is 0. The molecule has 0 saturated carbocycles.